The molecule has 1 aliphatic heterocycles. The quantitative estimate of drug-likeness (QED) is 0.889. The van der Waals surface area contributed by atoms with Crippen molar-refractivity contribution in [2.45, 2.75) is 52.2 Å². The van der Waals surface area contributed by atoms with Crippen molar-refractivity contribution >= 4 is 0 Å². The lowest BCUT2D eigenvalue weighted by atomic mass is 9.91. The third kappa shape index (κ3) is 2.93. The fraction of sp³-hybridized carbons (Fsp3) is 0.786. The summed E-state index contributed by atoms with van der Waals surface area (Å²) >= 11 is 0. The SMILES string of the molecule is CC1CCCN(Cc2ccn(C(C)C)n2)C1CN. The Morgan fingerprint density at radius 1 is 1.50 bits per heavy atom. The number of likely N-dealkylation sites (tertiary alicyclic amines) is 1. The Balaban J connectivity index is 2.02. The van der Waals surface area contributed by atoms with E-state index >= 15 is 0 Å². The van der Waals surface area contributed by atoms with E-state index < -0.39 is 0 Å². The molecular formula is C14H26N4. The van der Waals surface area contributed by atoms with Gasteiger partial charge in [0.25, 0.3) is 0 Å². The van der Waals surface area contributed by atoms with Crippen molar-refractivity contribution in [3.63, 3.8) is 0 Å². The maximum absolute atomic E-state index is 5.92. The van der Waals surface area contributed by atoms with Crippen LogP contribution in [0, 0.1) is 5.92 Å². The van der Waals surface area contributed by atoms with Crippen LogP contribution in [0.1, 0.15) is 45.3 Å². The van der Waals surface area contributed by atoms with Crippen LogP contribution in [0.15, 0.2) is 12.3 Å². The van der Waals surface area contributed by atoms with E-state index in [0.717, 1.165) is 25.3 Å². The number of piperidine rings is 1. The molecule has 18 heavy (non-hydrogen) atoms. The normalized spacial score (nSPS) is 25.8. The number of aromatic nitrogens is 2. The molecule has 0 spiro atoms. The van der Waals surface area contributed by atoms with Crippen LogP contribution in [-0.4, -0.2) is 33.8 Å². The summed E-state index contributed by atoms with van der Waals surface area (Å²) in [6.45, 7) is 9.47. The molecule has 1 saturated heterocycles. The predicted molar refractivity (Wildman–Crippen MR) is 74.3 cm³/mol. The van der Waals surface area contributed by atoms with Gasteiger partial charge in [-0.3, -0.25) is 9.58 Å². The molecule has 2 N–H and O–H groups in total. The minimum absolute atomic E-state index is 0.435. The van der Waals surface area contributed by atoms with Gasteiger partial charge >= 0.3 is 0 Å². The molecule has 2 atom stereocenters. The van der Waals surface area contributed by atoms with Crippen LogP contribution in [0.3, 0.4) is 0 Å². The minimum atomic E-state index is 0.435. The topological polar surface area (TPSA) is 47.1 Å². The predicted octanol–water partition coefficient (Wildman–Crippen LogP) is 2.02. The van der Waals surface area contributed by atoms with Crippen LogP contribution in [0.2, 0.25) is 0 Å². The molecule has 2 heterocycles. The molecule has 2 unspecified atom stereocenters. The van der Waals surface area contributed by atoms with Crippen molar-refractivity contribution < 1.29 is 0 Å². The van der Waals surface area contributed by atoms with Crippen molar-refractivity contribution in [3.8, 4) is 0 Å². The van der Waals surface area contributed by atoms with Crippen molar-refractivity contribution in [2.75, 3.05) is 13.1 Å². The largest absolute Gasteiger partial charge is 0.329 e. The third-order valence-electron chi connectivity index (χ3n) is 4.03. The molecule has 1 fully saturated rings. The van der Waals surface area contributed by atoms with Crippen molar-refractivity contribution in [1.29, 1.82) is 0 Å². The van der Waals surface area contributed by atoms with Gasteiger partial charge in [-0.1, -0.05) is 6.92 Å². The Kier molecular flexibility index (Phi) is 4.40. The van der Waals surface area contributed by atoms with Gasteiger partial charge in [-0.2, -0.15) is 5.10 Å². The molecule has 1 aromatic heterocycles. The summed E-state index contributed by atoms with van der Waals surface area (Å²) < 4.78 is 2.03. The highest BCUT2D eigenvalue weighted by atomic mass is 15.3. The Bertz CT molecular complexity index is 372. The zero-order valence-electron chi connectivity index (χ0n) is 11.8. The van der Waals surface area contributed by atoms with E-state index in [2.05, 4.69) is 43.0 Å². The number of hydrogen-bond acceptors (Lipinski definition) is 3. The summed E-state index contributed by atoms with van der Waals surface area (Å²) in [7, 11) is 0. The minimum Gasteiger partial charge on any atom is -0.329 e. The first-order valence-corrected chi connectivity index (χ1v) is 7.10. The standard InChI is InChI=1S/C14H26N4/c1-11(2)18-8-6-13(16-18)10-17-7-4-5-12(3)14(17)9-15/h6,8,11-12,14H,4-5,7,9-10,15H2,1-3H3. The first-order chi connectivity index (χ1) is 8.61. The average Bonchev–Trinajstić information content (AvgIpc) is 2.78. The highest BCUT2D eigenvalue weighted by Gasteiger charge is 2.27. The molecule has 102 valence electrons. The monoisotopic (exact) mass is 250 g/mol. The fourth-order valence-corrected chi connectivity index (χ4v) is 2.87. The molecule has 2 rings (SSSR count). The van der Waals surface area contributed by atoms with Crippen LogP contribution in [0.5, 0.6) is 0 Å². The summed E-state index contributed by atoms with van der Waals surface area (Å²) in [6.07, 6.45) is 4.66. The molecule has 4 nitrogen and oxygen atoms in total. The molecule has 0 saturated carbocycles. The van der Waals surface area contributed by atoms with E-state index in [4.69, 9.17) is 5.73 Å². The second kappa shape index (κ2) is 5.85. The van der Waals surface area contributed by atoms with Crippen LogP contribution in [-0.2, 0) is 6.54 Å². The van der Waals surface area contributed by atoms with Gasteiger partial charge in [0.2, 0.25) is 0 Å². The van der Waals surface area contributed by atoms with Gasteiger partial charge in [-0.25, -0.2) is 0 Å². The van der Waals surface area contributed by atoms with E-state index in [1.54, 1.807) is 0 Å². The number of nitrogens with zero attached hydrogens (tertiary/aromatic N) is 3. The van der Waals surface area contributed by atoms with Gasteiger partial charge in [0, 0.05) is 31.4 Å². The fourth-order valence-electron chi connectivity index (χ4n) is 2.87. The molecule has 1 aliphatic rings. The second-order valence-electron chi connectivity index (χ2n) is 5.77. The van der Waals surface area contributed by atoms with Gasteiger partial charge < -0.3 is 5.73 Å². The second-order valence-corrected chi connectivity index (χ2v) is 5.77. The number of nitrogens with two attached hydrogens (primary N) is 1. The average molecular weight is 250 g/mol. The molecule has 0 radical (unpaired) electrons. The van der Waals surface area contributed by atoms with Crippen molar-refractivity contribution in [2.24, 2.45) is 11.7 Å². The first-order valence-electron chi connectivity index (χ1n) is 7.10. The van der Waals surface area contributed by atoms with E-state index in [9.17, 15) is 0 Å². The maximum atomic E-state index is 5.92. The zero-order valence-corrected chi connectivity index (χ0v) is 11.8. The van der Waals surface area contributed by atoms with Crippen molar-refractivity contribution in [3.05, 3.63) is 18.0 Å². The lowest BCUT2D eigenvalue weighted by molar-refractivity contribution is 0.0975. The number of hydrogen-bond donors (Lipinski definition) is 1. The molecule has 0 bridgehead atoms. The van der Waals surface area contributed by atoms with Gasteiger partial charge in [0.15, 0.2) is 0 Å². The lowest BCUT2D eigenvalue weighted by Crippen LogP contribution is -2.48. The highest BCUT2D eigenvalue weighted by molar-refractivity contribution is 5.01. The lowest BCUT2D eigenvalue weighted by Gasteiger charge is -2.39. The molecule has 0 aliphatic carbocycles. The van der Waals surface area contributed by atoms with Crippen LogP contribution >= 0.6 is 0 Å². The van der Waals surface area contributed by atoms with Gasteiger partial charge in [0.05, 0.1) is 5.69 Å². The molecule has 1 aromatic rings. The van der Waals surface area contributed by atoms with E-state index in [1.807, 2.05) is 4.68 Å². The molecule has 4 heteroatoms. The Hall–Kier alpha value is -0.870. The van der Waals surface area contributed by atoms with E-state index in [1.165, 1.54) is 12.8 Å². The van der Waals surface area contributed by atoms with Crippen LogP contribution < -0.4 is 5.73 Å². The first kappa shape index (κ1) is 13.6. The zero-order chi connectivity index (χ0) is 13.1. The maximum Gasteiger partial charge on any atom is 0.0765 e. The van der Waals surface area contributed by atoms with Gasteiger partial charge in [0.1, 0.15) is 0 Å². The summed E-state index contributed by atoms with van der Waals surface area (Å²) in [5.41, 5.74) is 7.09. The molecular weight excluding hydrogens is 224 g/mol. The Labute approximate surface area is 110 Å². The number of rotatable bonds is 4. The van der Waals surface area contributed by atoms with E-state index in [0.29, 0.717) is 18.0 Å². The van der Waals surface area contributed by atoms with Crippen LogP contribution in [0.4, 0.5) is 0 Å². The van der Waals surface area contributed by atoms with Gasteiger partial charge in [-0.05, 0) is 45.2 Å². The summed E-state index contributed by atoms with van der Waals surface area (Å²) in [5.74, 6) is 0.705. The van der Waals surface area contributed by atoms with E-state index in [-0.39, 0.29) is 0 Å². The molecule has 0 aromatic carbocycles. The summed E-state index contributed by atoms with van der Waals surface area (Å²) in [4.78, 5) is 2.50. The summed E-state index contributed by atoms with van der Waals surface area (Å²) in [5, 5.41) is 4.63. The van der Waals surface area contributed by atoms with Crippen molar-refractivity contribution in [1.82, 2.24) is 14.7 Å². The Morgan fingerprint density at radius 2 is 2.28 bits per heavy atom. The van der Waals surface area contributed by atoms with Crippen LogP contribution in [0.25, 0.3) is 0 Å². The smallest absolute Gasteiger partial charge is 0.0765 e. The third-order valence-corrected chi connectivity index (χ3v) is 4.03. The van der Waals surface area contributed by atoms with Gasteiger partial charge in [-0.15, -0.1) is 0 Å². The summed E-state index contributed by atoms with van der Waals surface area (Å²) in [6, 6.07) is 3.08. The Morgan fingerprint density at radius 3 is 2.89 bits per heavy atom. The highest BCUT2D eigenvalue weighted by Crippen LogP contribution is 2.24. The molecule has 0 amide bonds.